The van der Waals surface area contributed by atoms with Crippen LogP contribution in [0.3, 0.4) is 0 Å². The van der Waals surface area contributed by atoms with E-state index >= 15 is 0 Å². The van der Waals surface area contributed by atoms with Gasteiger partial charge in [-0.1, -0.05) is 12.7 Å². The number of fused-ring (bicyclic) bond motifs is 2. The van der Waals surface area contributed by atoms with E-state index in [0.29, 0.717) is 0 Å². The smallest absolute Gasteiger partial charge is 0.154 e. The fourth-order valence-electron chi connectivity index (χ4n) is 2.53. The quantitative estimate of drug-likeness (QED) is 0.434. The maximum atomic E-state index is 9.42. The molecule has 0 amide bonds. The Morgan fingerprint density at radius 2 is 2.25 bits per heavy atom. The van der Waals surface area contributed by atoms with Crippen molar-refractivity contribution in [2.24, 2.45) is 17.8 Å². The van der Waals surface area contributed by atoms with E-state index < -0.39 is 0 Å². The molecule has 1 saturated heterocycles. The molecule has 0 bridgehead atoms. The summed E-state index contributed by atoms with van der Waals surface area (Å²) in [7, 11) is 2.11. The minimum atomic E-state index is -0.219. The van der Waals surface area contributed by atoms with Crippen molar-refractivity contribution in [2.75, 3.05) is 0 Å². The van der Waals surface area contributed by atoms with Crippen LogP contribution in [0.15, 0.2) is 0 Å². The summed E-state index contributed by atoms with van der Waals surface area (Å²) in [6.45, 7) is 0. The minimum Gasteiger partial charge on any atom is -0.398 e. The van der Waals surface area contributed by atoms with Crippen LogP contribution >= 0.6 is 0 Å². The molecular formula is C6H8BO. The van der Waals surface area contributed by atoms with Crippen LogP contribution in [0.1, 0.15) is 6.42 Å². The molecular weight excluding hydrogens is 98.9 g/mol. The van der Waals surface area contributed by atoms with Crippen LogP contribution in [-0.2, 0) is 0 Å². The van der Waals surface area contributed by atoms with Gasteiger partial charge in [-0.25, -0.2) is 0 Å². The van der Waals surface area contributed by atoms with E-state index in [9.17, 15) is 5.11 Å². The Morgan fingerprint density at radius 3 is 2.62 bits per heavy atom. The Labute approximate surface area is 49.3 Å². The predicted octanol–water partition coefficient (Wildman–Crippen LogP) is 0.0770. The van der Waals surface area contributed by atoms with E-state index in [0.717, 1.165) is 24.1 Å². The van der Waals surface area contributed by atoms with E-state index in [2.05, 4.69) is 7.28 Å². The van der Waals surface area contributed by atoms with Crippen molar-refractivity contribution < 1.29 is 5.11 Å². The highest BCUT2D eigenvalue weighted by Gasteiger charge is 2.83. The normalized spacial score (nSPS) is 72.9. The molecule has 8 heavy (non-hydrogen) atoms. The monoisotopic (exact) mass is 107 g/mol. The Hall–Kier alpha value is 0.0249. The molecule has 1 radical (unpaired) electrons. The Morgan fingerprint density at radius 1 is 1.50 bits per heavy atom. The third kappa shape index (κ3) is 0.208. The highest BCUT2D eigenvalue weighted by atomic mass is 16.3. The lowest BCUT2D eigenvalue weighted by Crippen LogP contribution is -2.35. The van der Waals surface area contributed by atoms with Gasteiger partial charge in [-0.2, -0.15) is 0 Å². The zero-order valence-corrected chi connectivity index (χ0v) is 4.67. The first-order valence-corrected chi connectivity index (χ1v) is 3.41. The van der Waals surface area contributed by atoms with Gasteiger partial charge >= 0.3 is 0 Å². The first kappa shape index (κ1) is 3.94. The lowest BCUT2D eigenvalue weighted by Gasteiger charge is -2.25. The van der Waals surface area contributed by atoms with E-state index in [1.165, 1.54) is 6.42 Å². The maximum absolute atomic E-state index is 9.42. The third-order valence-electron chi connectivity index (χ3n) is 3.10. The standard InChI is InChI=1S/C6H8BO/c8-6-4-3(5(4)6)1-2-7-6/h3-5,8H,1-2H2/t3?,4-,5-,6?/m0/s1. The maximum Gasteiger partial charge on any atom is 0.154 e. The summed E-state index contributed by atoms with van der Waals surface area (Å²) in [5.41, 5.74) is -0.219. The van der Waals surface area contributed by atoms with E-state index in [1.807, 2.05) is 0 Å². The molecule has 1 aliphatic heterocycles. The molecule has 1 nitrogen and oxygen atoms in total. The molecule has 2 atom stereocenters. The molecule has 2 heteroatoms. The zero-order valence-electron chi connectivity index (χ0n) is 4.67. The molecule has 1 heterocycles. The first-order valence-electron chi connectivity index (χ1n) is 3.41. The average molecular weight is 107 g/mol. The summed E-state index contributed by atoms with van der Waals surface area (Å²) < 4.78 is 0. The van der Waals surface area contributed by atoms with Crippen LogP contribution in [0.25, 0.3) is 0 Å². The molecule has 3 rings (SSSR count). The van der Waals surface area contributed by atoms with Gasteiger partial charge in [0, 0.05) is 5.50 Å². The Kier molecular flexibility index (Phi) is 0.387. The van der Waals surface area contributed by atoms with Gasteiger partial charge in [0.2, 0.25) is 0 Å². The van der Waals surface area contributed by atoms with Gasteiger partial charge in [0.25, 0.3) is 0 Å². The van der Waals surface area contributed by atoms with E-state index in [-0.39, 0.29) is 5.50 Å². The summed E-state index contributed by atoms with van der Waals surface area (Å²) in [5.74, 6) is 2.41. The summed E-state index contributed by atoms with van der Waals surface area (Å²) in [6.07, 6.45) is 2.52. The summed E-state index contributed by atoms with van der Waals surface area (Å²) in [4.78, 5) is 0. The molecule has 1 N–H and O–H groups in total. The van der Waals surface area contributed by atoms with Crippen LogP contribution in [0.5, 0.6) is 0 Å². The van der Waals surface area contributed by atoms with Crippen LogP contribution in [-0.4, -0.2) is 17.9 Å². The number of aliphatic hydroxyl groups is 1. The van der Waals surface area contributed by atoms with Gasteiger partial charge in [0.05, 0.1) is 0 Å². The zero-order chi connectivity index (χ0) is 5.35. The highest BCUT2D eigenvalue weighted by molar-refractivity contribution is 6.43. The molecule has 0 unspecified atom stereocenters. The van der Waals surface area contributed by atoms with Gasteiger partial charge in [0.15, 0.2) is 7.28 Å². The number of hydrogen-bond acceptors (Lipinski definition) is 1. The molecule has 0 aromatic rings. The lowest BCUT2D eigenvalue weighted by molar-refractivity contribution is 0.134. The van der Waals surface area contributed by atoms with Gasteiger partial charge in [-0.05, 0) is 17.8 Å². The molecule has 0 spiro atoms. The van der Waals surface area contributed by atoms with Crippen molar-refractivity contribution in [3.05, 3.63) is 0 Å². The largest absolute Gasteiger partial charge is 0.398 e. The van der Waals surface area contributed by atoms with Crippen LogP contribution in [0, 0.1) is 17.8 Å². The van der Waals surface area contributed by atoms with Crippen LogP contribution < -0.4 is 0 Å². The van der Waals surface area contributed by atoms with Crippen LogP contribution in [0.2, 0.25) is 6.32 Å². The van der Waals surface area contributed by atoms with Gasteiger partial charge < -0.3 is 5.11 Å². The molecule has 0 aromatic carbocycles. The van der Waals surface area contributed by atoms with E-state index in [1.54, 1.807) is 0 Å². The number of rotatable bonds is 0. The molecule has 0 aromatic heterocycles. The van der Waals surface area contributed by atoms with Gasteiger partial charge in [-0.3, -0.25) is 0 Å². The first-order chi connectivity index (χ1) is 3.84. The molecule has 41 valence electrons. The fraction of sp³-hybridized carbons (Fsp3) is 1.00. The average Bonchev–Trinajstić information content (AvgIpc) is 2.54. The lowest BCUT2D eigenvalue weighted by atomic mass is 9.54. The third-order valence-corrected chi connectivity index (χ3v) is 3.10. The second-order valence-electron chi connectivity index (χ2n) is 3.38. The highest BCUT2D eigenvalue weighted by Crippen LogP contribution is 2.78. The molecule has 3 aliphatic rings. The Bertz CT molecular complexity index is 147. The van der Waals surface area contributed by atoms with Crippen molar-refractivity contribution >= 4 is 7.28 Å². The molecule has 2 aliphatic carbocycles. The van der Waals surface area contributed by atoms with Crippen molar-refractivity contribution in [3.8, 4) is 0 Å². The summed E-state index contributed by atoms with van der Waals surface area (Å²) in [5, 5.41) is 9.42. The van der Waals surface area contributed by atoms with Gasteiger partial charge in [0.1, 0.15) is 0 Å². The summed E-state index contributed by atoms with van der Waals surface area (Å²) in [6, 6.07) is 0. The SMILES string of the molecule is OC12[B]CCC3[C@H]1[C@H]32. The summed E-state index contributed by atoms with van der Waals surface area (Å²) >= 11 is 0. The fourth-order valence-corrected chi connectivity index (χ4v) is 2.53. The van der Waals surface area contributed by atoms with Gasteiger partial charge in [-0.15, -0.1) is 0 Å². The van der Waals surface area contributed by atoms with Crippen molar-refractivity contribution in [1.29, 1.82) is 0 Å². The number of hydrogen-bond donors (Lipinski definition) is 1. The molecule has 2 saturated carbocycles. The van der Waals surface area contributed by atoms with Crippen LogP contribution in [0.4, 0.5) is 0 Å². The molecule has 3 fully saturated rings. The topological polar surface area (TPSA) is 20.2 Å². The van der Waals surface area contributed by atoms with Crippen molar-refractivity contribution in [1.82, 2.24) is 0 Å². The predicted molar refractivity (Wildman–Crippen MR) is 30.6 cm³/mol. The Balaban J connectivity index is 1.96. The van der Waals surface area contributed by atoms with Crippen molar-refractivity contribution in [2.45, 2.75) is 18.2 Å². The second-order valence-corrected chi connectivity index (χ2v) is 3.38. The van der Waals surface area contributed by atoms with E-state index in [4.69, 9.17) is 0 Å². The second kappa shape index (κ2) is 0.785. The minimum absolute atomic E-state index is 0.219. The van der Waals surface area contributed by atoms with Crippen molar-refractivity contribution in [3.63, 3.8) is 0 Å².